The summed E-state index contributed by atoms with van der Waals surface area (Å²) >= 11 is 0. The van der Waals surface area contributed by atoms with E-state index in [2.05, 4.69) is 16.9 Å². The molecule has 1 aromatic heterocycles. The van der Waals surface area contributed by atoms with Crippen molar-refractivity contribution in [2.24, 2.45) is 0 Å². The first kappa shape index (κ1) is 12.4. The lowest BCUT2D eigenvalue weighted by atomic mass is 10.2. The lowest BCUT2D eigenvalue weighted by Crippen LogP contribution is -2.02. The number of aromatic nitrogens is 2. The maximum atomic E-state index is 10.1. The van der Waals surface area contributed by atoms with Crippen LogP contribution in [0.2, 0.25) is 0 Å². The molecule has 5 nitrogen and oxygen atoms in total. The highest BCUT2D eigenvalue weighted by Gasteiger charge is 2.07. The lowest BCUT2D eigenvalue weighted by molar-refractivity contribution is -0.107. The summed E-state index contributed by atoms with van der Waals surface area (Å²) in [5, 5.41) is 12.9. The van der Waals surface area contributed by atoms with E-state index in [1.54, 1.807) is 24.3 Å². The molecule has 0 saturated carbocycles. The summed E-state index contributed by atoms with van der Waals surface area (Å²) in [6.45, 7) is 0. The second kappa shape index (κ2) is 5.52. The van der Waals surface area contributed by atoms with Crippen molar-refractivity contribution in [2.45, 2.75) is 6.42 Å². The molecule has 0 saturated heterocycles. The van der Waals surface area contributed by atoms with Crippen LogP contribution >= 0.6 is 0 Å². The van der Waals surface area contributed by atoms with Crippen molar-refractivity contribution in [2.75, 3.05) is 5.73 Å². The second-order valence-corrected chi connectivity index (χ2v) is 3.69. The Kier molecular flexibility index (Phi) is 3.61. The summed E-state index contributed by atoms with van der Waals surface area (Å²) < 4.78 is 1.49. The fraction of sp³-hybridized carbons (Fsp3) is 0.0714. The van der Waals surface area contributed by atoms with Crippen molar-refractivity contribution in [1.82, 2.24) is 9.78 Å². The van der Waals surface area contributed by atoms with Gasteiger partial charge in [-0.25, -0.2) is 4.68 Å². The molecule has 0 aliphatic rings. The Morgan fingerprint density at radius 3 is 2.68 bits per heavy atom. The van der Waals surface area contributed by atoms with Crippen molar-refractivity contribution in [3.05, 3.63) is 41.6 Å². The first-order valence-corrected chi connectivity index (χ1v) is 5.53. The van der Waals surface area contributed by atoms with E-state index in [9.17, 15) is 4.79 Å². The van der Waals surface area contributed by atoms with E-state index in [-0.39, 0.29) is 6.42 Å². The van der Waals surface area contributed by atoms with Crippen LogP contribution in [-0.4, -0.2) is 16.1 Å². The molecule has 19 heavy (non-hydrogen) atoms. The van der Waals surface area contributed by atoms with Crippen molar-refractivity contribution in [1.29, 1.82) is 5.26 Å². The van der Waals surface area contributed by atoms with Crippen LogP contribution in [0.3, 0.4) is 0 Å². The molecule has 0 aliphatic heterocycles. The minimum Gasteiger partial charge on any atom is -0.382 e. The third kappa shape index (κ3) is 2.62. The fourth-order valence-electron chi connectivity index (χ4n) is 1.53. The summed E-state index contributed by atoms with van der Waals surface area (Å²) in [5.41, 5.74) is 7.69. The highest BCUT2D eigenvalue weighted by Crippen LogP contribution is 2.16. The van der Waals surface area contributed by atoms with Gasteiger partial charge in [0.15, 0.2) is 0 Å². The Hall–Kier alpha value is -3.05. The molecule has 1 aromatic carbocycles. The molecule has 0 fully saturated rings. The molecule has 2 N–H and O–H groups in total. The largest absolute Gasteiger partial charge is 0.382 e. The number of nitrogens with two attached hydrogens (primary N) is 1. The van der Waals surface area contributed by atoms with Gasteiger partial charge in [-0.1, -0.05) is 11.8 Å². The monoisotopic (exact) mass is 250 g/mol. The molecule has 0 aliphatic carbocycles. The number of rotatable bonds is 2. The molecular weight excluding hydrogens is 240 g/mol. The molecule has 0 unspecified atom stereocenters. The highest BCUT2D eigenvalue weighted by atomic mass is 16.1. The summed E-state index contributed by atoms with van der Waals surface area (Å²) in [6, 6.07) is 9.18. The second-order valence-electron chi connectivity index (χ2n) is 3.69. The third-order valence-corrected chi connectivity index (χ3v) is 2.46. The van der Waals surface area contributed by atoms with Gasteiger partial charge < -0.3 is 10.5 Å². The molecule has 0 atom stereocenters. The summed E-state index contributed by atoms with van der Waals surface area (Å²) in [7, 11) is 0. The smallest absolute Gasteiger partial charge is 0.145 e. The quantitative estimate of drug-likeness (QED) is 0.642. The predicted octanol–water partition coefficient (Wildman–Crippen LogP) is 1.27. The Bertz CT molecular complexity index is 696. The van der Waals surface area contributed by atoms with Crippen LogP contribution in [0, 0.1) is 23.2 Å². The van der Waals surface area contributed by atoms with Gasteiger partial charge in [0.1, 0.15) is 23.7 Å². The van der Waals surface area contributed by atoms with E-state index in [0.29, 0.717) is 11.4 Å². The number of nitrogen functional groups attached to an aromatic ring is 1. The first-order chi connectivity index (χ1) is 9.26. The number of carbonyl (C=O) groups excluding carboxylic acids is 1. The van der Waals surface area contributed by atoms with E-state index in [4.69, 9.17) is 11.0 Å². The predicted molar refractivity (Wildman–Crippen MR) is 70.3 cm³/mol. The van der Waals surface area contributed by atoms with Gasteiger partial charge in [-0.05, 0) is 24.3 Å². The number of anilines is 1. The lowest BCUT2D eigenvalue weighted by Gasteiger charge is -2.03. The third-order valence-electron chi connectivity index (χ3n) is 2.46. The molecule has 2 aromatic rings. The standard InChI is InChI=1S/C14H10N4O/c15-9-12-10-17-18(14(12)16)13-6-4-11(5-7-13)3-1-2-8-19/h4-8,10H,2,16H2. The summed E-state index contributed by atoms with van der Waals surface area (Å²) in [4.78, 5) is 10.1. The van der Waals surface area contributed by atoms with Crippen LogP contribution < -0.4 is 5.73 Å². The van der Waals surface area contributed by atoms with Crippen molar-refractivity contribution >= 4 is 12.1 Å². The number of carbonyl (C=O) groups is 1. The van der Waals surface area contributed by atoms with E-state index in [1.807, 2.05) is 6.07 Å². The minimum absolute atomic E-state index is 0.222. The van der Waals surface area contributed by atoms with Gasteiger partial charge in [0, 0.05) is 5.56 Å². The van der Waals surface area contributed by atoms with Crippen LogP contribution in [0.4, 0.5) is 5.82 Å². The molecule has 0 amide bonds. The highest BCUT2D eigenvalue weighted by molar-refractivity contribution is 5.56. The maximum absolute atomic E-state index is 10.1. The van der Waals surface area contributed by atoms with Gasteiger partial charge >= 0.3 is 0 Å². The average Bonchev–Trinajstić information content (AvgIpc) is 2.81. The molecule has 92 valence electrons. The van der Waals surface area contributed by atoms with Crippen LogP contribution in [0.1, 0.15) is 17.5 Å². The van der Waals surface area contributed by atoms with Gasteiger partial charge in [-0.2, -0.15) is 10.4 Å². The van der Waals surface area contributed by atoms with Crippen molar-refractivity contribution in [3.8, 4) is 23.6 Å². The number of hydrogen-bond donors (Lipinski definition) is 1. The molecular formula is C14H10N4O. The van der Waals surface area contributed by atoms with Crippen LogP contribution in [-0.2, 0) is 4.79 Å². The number of nitriles is 1. The van der Waals surface area contributed by atoms with Gasteiger partial charge in [0.05, 0.1) is 18.3 Å². The normalized spacial score (nSPS) is 9.21. The van der Waals surface area contributed by atoms with Gasteiger partial charge in [-0.3, -0.25) is 0 Å². The molecule has 1 heterocycles. The van der Waals surface area contributed by atoms with Crippen LogP contribution in [0.5, 0.6) is 0 Å². The van der Waals surface area contributed by atoms with E-state index < -0.39 is 0 Å². The number of benzene rings is 1. The zero-order valence-electron chi connectivity index (χ0n) is 10.00. The molecule has 0 bridgehead atoms. The van der Waals surface area contributed by atoms with Gasteiger partial charge in [0.25, 0.3) is 0 Å². The fourth-order valence-corrected chi connectivity index (χ4v) is 1.53. The Labute approximate surface area is 110 Å². The molecule has 5 heteroatoms. The maximum Gasteiger partial charge on any atom is 0.145 e. The number of nitrogens with zero attached hydrogens (tertiary/aromatic N) is 3. The van der Waals surface area contributed by atoms with Gasteiger partial charge in [0.2, 0.25) is 0 Å². The Morgan fingerprint density at radius 1 is 1.37 bits per heavy atom. The van der Waals surface area contributed by atoms with E-state index >= 15 is 0 Å². The summed E-state index contributed by atoms with van der Waals surface area (Å²) in [5.74, 6) is 5.90. The first-order valence-electron chi connectivity index (χ1n) is 5.53. The Morgan fingerprint density at radius 2 is 2.11 bits per heavy atom. The topological polar surface area (TPSA) is 84.7 Å². The van der Waals surface area contributed by atoms with Crippen LogP contribution in [0.15, 0.2) is 30.5 Å². The number of aldehydes is 1. The minimum atomic E-state index is 0.222. The SMILES string of the molecule is N#Cc1cnn(-c2ccc(C#CCC=O)cc2)c1N. The van der Waals surface area contributed by atoms with E-state index in [0.717, 1.165) is 17.5 Å². The zero-order valence-corrected chi connectivity index (χ0v) is 10.00. The molecule has 0 spiro atoms. The molecule has 0 radical (unpaired) electrons. The zero-order chi connectivity index (χ0) is 13.7. The van der Waals surface area contributed by atoms with Crippen molar-refractivity contribution < 1.29 is 4.79 Å². The van der Waals surface area contributed by atoms with Crippen molar-refractivity contribution in [3.63, 3.8) is 0 Å². The Balaban J connectivity index is 2.28. The molecule has 2 rings (SSSR count). The van der Waals surface area contributed by atoms with Crippen LogP contribution in [0.25, 0.3) is 5.69 Å². The average molecular weight is 250 g/mol. The number of hydrogen-bond acceptors (Lipinski definition) is 4. The summed E-state index contributed by atoms with van der Waals surface area (Å²) in [6.07, 6.45) is 2.40. The van der Waals surface area contributed by atoms with E-state index in [1.165, 1.54) is 10.9 Å². The van der Waals surface area contributed by atoms with Gasteiger partial charge in [-0.15, -0.1) is 0 Å².